The molecule has 0 spiro atoms. The van der Waals surface area contributed by atoms with Gasteiger partial charge in [-0.05, 0) is 93.1 Å². The molecule has 0 bridgehead atoms. The molecule has 2 aromatic rings. The normalized spacial score (nSPS) is 20.8. The first-order valence-electron chi connectivity index (χ1n) is 11.9. The lowest BCUT2D eigenvalue weighted by molar-refractivity contribution is -0.130. The smallest absolute Gasteiger partial charge is 0.223 e. The van der Waals surface area contributed by atoms with E-state index in [9.17, 15) is 4.79 Å². The zero-order chi connectivity index (χ0) is 23.1. The van der Waals surface area contributed by atoms with Crippen molar-refractivity contribution >= 4 is 5.91 Å². The molecule has 0 radical (unpaired) electrons. The number of amides is 1. The average Bonchev–Trinajstić information content (AvgIpc) is 2.82. The highest BCUT2D eigenvalue weighted by molar-refractivity contribution is 5.81. The Hall–Kier alpha value is -2.53. The molecule has 32 heavy (non-hydrogen) atoms. The third-order valence-electron chi connectivity index (χ3n) is 7.08. The highest BCUT2D eigenvalue weighted by atomic mass is 16.5. The van der Waals surface area contributed by atoms with Gasteiger partial charge in [0.05, 0.1) is 19.1 Å². The Morgan fingerprint density at radius 2 is 1.66 bits per heavy atom. The Labute approximate surface area is 192 Å². The molecule has 3 rings (SSSR count). The first-order chi connectivity index (χ1) is 15.5. The Bertz CT molecular complexity index is 882. The first-order valence-corrected chi connectivity index (χ1v) is 11.9. The van der Waals surface area contributed by atoms with Gasteiger partial charge in [0.1, 0.15) is 11.5 Å². The molecule has 0 aliphatic heterocycles. The molecule has 1 amide bonds. The summed E-state index contributed by atoms with van der Waals surface area (Å²) in [7, 11) is 1.67. The van der Waals surface area contributed by atoms with Crippen molar-refractivity contribution in [1.82, 2.24) is 4.90 Å². The van der Waals surface area contributed by atoms with Gasteiger partial charge in [0.15, 0.2) is 0 Å². The van der Waals surface area contributed by atoms with E-state index in [4.69, 9.17) is 15.2 Å². The third-order valence-corrected chi connectivity index (χ3v) is 7.08. The molecule has 1 aliphatic rings. The summed E-state index contributed by atoms with van der Waals surface area (Å²) < 4.78 is 11.2. The lowest BCUT2D eigenvalue weighted by Crippen LogP contribution is -2.47. The van der Waals surface area contributed by atoms with E-state index in [1.165, 1.54) is 0 Å². The molecule has 0 aromatic heterocycles. The number of hydrogen-bond acceptors (Lipinski definition) is 4. The minimum absolute atomic E-state index is 0.187. The number of nitrogens with zero attached hydrogens (tertiary/aromatic N) is 1. The number of rotatable bonds is 10. The van der Waals surface area contributed by atoms with Gasteiger partial charge in [0.2, 0.25) is 5.91 Å². The van der Waals surface area contributed by atoms with Crippen molar-refractivity contribution in [2.24, 2.45) is 11.1 Å². The van der Waals surface area contributed by atoms with Crippen LogP contribution in [-0.2, 0) is 11.2 Å². The van der Waals surface area contributed by atoms with Crippen LogP contribution in [0.1, 0.15) is 52.0 Å². The average molecular weight is 439 g/mol. The van der Waals surface area contributed by atoms with Crippen molar-refractivity contribution in [3.63, 3.8) is 0 Å². The molecule has 174 valence electrons. The lowest BCUT2D eigenvalue weighted by Gasteiger charge is -2.41. The molecular formula is C27H38N2O3. The Kier molecular flexibility index (Phi) is 8.19. The van der Waals surface area contributed by atoms with Crippen LogP contribution in [0.5, 0.6) is 11.5 Å². The molecule has 0 unspecified atom stereocenters. The fourth-order valence-corrected chi connectivity index (χ4v) is 5.11. The van der Waals surface area contributed by atoms with Gasteiger partial charge in [-0.2, -0.15) is 0 Å². The van der Waals surface area contributed by atoms with E-state index < -0.39 is 5.41 Å². The molecule has 5 nitrogen and oxygen atoms in total. The molecule has 1 fully saturated rings. The van der Waals surface area contributed by atoms with Gasteiger partial charge < -0.3 is 20.1 Å². The predicted molar refractivity (Wildman–Crippen MR) is 130 cm³/mol. The van der Waals surface area contributed by atoms with Gasteiger partial charge in [0.25, 0.3) is 0 Å². The maximum atomic E-state index is 12.7. The number of primary amides is 1. The summed E-state index contributed by atoms with van der Waals surface area (Å²) in [6, 6.07) is 14.8. The van der Waals surface area contributed by atoms with Crippen molar-refractivity contribution in [1.29, 1.82) is 0 Å². The fraction of sp³-hybridized carbons (Fsp3) is 0.519. The van der Waals surface area contributed by atoms with Crippen LogP contribution in [0.25, 0.3) is 11.1 Å². The SMILES string of the molecule is CCOc1ccc(-c2ccc(OC)cc2)cc1CC1(C(N)=O)CCC(N(CC)CC)CC1. The summed E-state index contributed by atoms with van der Waals surface area (Å²) in [6.45, 7) is 9.08. The van der Waals surface area contributed by atoms with Gasteiger partial charge in [-0.25, -0.2) is 0 Å². The zero-order valence-electron chi connectivity index (χ0n) is 20.0. The van der Waals surface area contributed by atoms with E-state index >= 15 is 0 Å². The van der Waals surface area contributed by atoms with Crippen LogP contribution < -0.4 is 15.2 Å². The monoisotopic (exact) mass is 438 g/mol. The molecular weight excluding hydrogens is 400 g/mol. The van der Waals surface area contributed by atoms with Crippen LogP contribution in [0.4, 0.5) is 0 Å². The number of hydrogen-bond donors (Lipinski definition) is 1. The first kappa shape index (κ1) is 24.1. The van der Waals surface area contributed by atoms with Crippen LogP contribution >= 0.6 is 0 Å². The fourth-order valence-electron chi connectivity index (χ4n) is 5.11. The van der Waals surface area contributed by atoms with Crippen molar-refractivity contribution in [2.45, 2.75) is 58.9 Å². The number of ether oxygens (including phenoxy) is 2. The van der Waals surface area contributed by atoms with E-state index in [1.807, 2.05) is 25.1 Å². The largest absolute Gasteiger partial charge is 0.497 e. The van der Waals surface area contributed by atoms with Crippen LogP contribution in [0.2, 0.25) is 0 Å². The van der Waals surface area contributed by atoms with Gasteiger partial charge in [-0.15, -0.1) is 0 Å². The minimum Gasteiger partial charge on any atom is -0.497 e. The summed E-state index contributed by atoms with van der Waals surface area (Å²) in [4.78, 5) is 15.2. The molecule has 0 heterocycles. The second-order valence-corrected chi connectivity index (χ2v) is 8.76. The second kappa shape index (κ2) is 10.9. The number of carbonyl (C=O) groups excluding carboxylic acids is 1. The van der Waals surface area contributed by atoms with E-state index in [2.05, 4.69) is 43.0 Å². The van der Waals surface area contributed by atoms with Gasteiger partial charge in [0, 0.05) is 6.04 Å². The number of carbonyl (C=O) groups is 1. The maximum Gasteiger partial charge on any atom is 0.223 e. The van der Waals surface area contributed by atoms with Crippen LogP contribution in [0, 0.1) is 5.41 Å². The van der Waals surface area contributed by atoms with E-state index in [0.717, 1.165) is 67.0 Å². The maximum absolute atomic E-state index is 12.7. The minimum atomic E-state index is -0.520. The van der Waals surface area contributed by atoms with Crippen molar-refractivity contribution in [3.05, 3.63) is 48.0 Å². The Morgan fingerprint density at radius 1 is 1.03 bits per heavy atom. The van der Waals surface area contributed by atoms with Crippen molar-refractivity contribution in [3.8, 4) is 22.6 Å². The van der Waals surface area contributed by atoms with Crippen molar-refractivity contribution < 1.29 is 14.3 Å². The van der Waals surface area contributed by atoms with Gasteiger partial charge in [-0.1, -0.05) is 32.0 Å². The topological polar surface area (TPSA) is 64.8 Å². The summed E-state index contributed by atoms with van der Waals surface area (Å²) >= 11 is 0. The molecule has 1 saturated carbocycles. The number of benzene rings is 2. The quantitative estimate of drug-likeness (QED) is 0.563. The van der Waals surface area contributed by atoms with E-state index in [-0.39, 0.29) is 5.91 Å². The molecule has 0 saturated heterocycles. The van der Waals surface area contributed by atoms with E-state index in [1.54, 1.807) is 7.11 Å². The lowest BCUT2D eigenvalue weighted by atomic mass is 9.68. The van der Waals surface area contributed by atoms with Gasteiger partial charge >= 0.3 is 0 Å². The van der Waals surface area contributed by atoms with Crippen LogP contribution in [-0.4, -0.2) is 43.7 Å². The van der Waals surface area contributed by atoms with Gasteiger partial charge in [-0.3, -0.25) is 4.79 Å². The number of methoxy groups -OCH3 is 1. The third kappa shape index (κ3) is 5.26. The molecule has 2 N–H and O–H groups in total. The Morgan fingerprint density at radius 3 is 2.19 bits per heavy atom. The number of nitrogens with two attached hydrogens (primary N) is 1. The molecule has 5 heteroatoms. The summed E-state index contributed by atoms with van der Waals surface area (Å²) in [5, 5.41) is 0. The summed E-state index contributed by atoms with van der Waals surface area (Å²) in [6.07, 6.45) is 4.27. The van der Waals surface area contributed by atoms with E-state index in [0.29, 0.717) is 19.1 Å². The zero-order valence-corrected chi connectivity index (χ0v) is 20.0. The molecule has 1 aliphatic carbocycles. The molecule has 0 atom stereocenters. The second-order valence-electron chi connectivity index (χ2n) is 8.76. The van der Waals surface area contributed by atoms with Crippen LogP contribution in [0.15, 0.2) is 42.5 Å². The Balaban J connectivity index is 1.89. The standard InChI is InChI=1S/C27H38N2O3/c1-5-29(6-2)23-14-16-27(17-15-23,26(28)30)19-22-18-21(10-13-25(22)32-7-3)20-8-11-24(31-4)12-9-20/h8-13,18,23H,5-7,14-17,19H2,1-4H3,(H2,28,30). The molecule has 2 aromatic carbocycles. The summed E-state index contributed by atoms with van der Waals surface area (Å²) in [5.74, 6) is 1.49. The van der Waals surface area contributed by atoms with Crippen molar-refractivity contribution in [2.75, 3.05) is 26.8 Å². The highest BCUT2D eigenvalue weighted by Gasteiger charge is 2.42. The van der Waals surface area contributed by atoms with Crippen LogP contribution in [0.3, 0.4) is 0 Å². The highest BCUT2D eigenvalue weighted by Crippen LogP contribution is 2.43. The predicted octanol–water partition coefficient (Wildman–Crippen LogP) is 5.06. The summed E-state index contributed by atoms with van der Waals surface area (Å²) in [5.41, 5.74) is 8.78.